The summed E-state index contributed by atoms with van der Waals surface area (Å²) in [5.74, 6) is 6.23. The van der Waals surface area contributed by atoms with Gasteiger partial charge < -0.3 is 0 Å². The molecule has 0 aromatic rings. The summed E-state index contributed by atoms with van der Waals surface area (Å²) in [5, 5.41) is 0. The quantitative estimate of drug-likeness (QED) is 0.531. The monoisotopic (exact) mass is 280 g/mol. The van der Waals surface area contributed by atoms with E-state index in [2.05, 4.69) is 41.5 Å². The van der Waals surface area contributed by atoms with E-state index in [4.69, 9.17) is 0 Å². The minimum atomic E-state index is 0. The summed E-state index contributed by atoms with van der Waals surface area (Å²) in [6.45, 7) is 15.2. The molecule has 3 aliphatic carbocycles. The minimum Gasteiger partial charge on any atom is -0.0776 e. The molecule has 120 valence electrons. The van der Waals surface area contributed by atoms with Crippen molar-refractivity contribution in [2.45, 2.75) is 82.1 Å². The molecule has 3 aliphatic rings. The molecule has 0 aliphatic heterocycles. The van der Waals surface area contributed by atoms with Crippen LogP contribution in [0.3, 0.4) is 0 Å². The Balaban J connectivity index is 0.000001000. The van der Waals surface area contributed by atoms with Crippen LogP contribution in [0.5, 0.6) is 0 Å². The molecule has 0 aromatic carbocycles. The van der Waals surface area contributed by atoms with Gasteiger partial charge in [0.1, 0.15) is 0 Å². The normalized spacial score (nSPS) is 46.5. The van der Waals surface area contributed by atoms with Gasteiger partial charge in [0.2, 0.25) is 0 Å². The lowest BCUT2D eigenvalue weighted by Gasteiger charge is -2.52. The molecule has 0 N–H and O–H groups in total. The Kier molecular flexibility index (Phi) is 4.81. The third-order valence-electron chi connectivity index (χ3n) is 7.93. The lowest BCUT2D eigenvalue weighted by molar-refractivity contribution is -0.0390. The first-order chi connectivity index (χ1) is 8.32. The fourth-order valence-electron chi connectivity index (χ4n) is 6.52. The molecule has 3 saturated carbocycles. The molecule has 6 atom stereocenters. The van der Waals surface area contributed by atoms with E-state index in [0.29, 0.717) is 10.8 Å². The maximum atomic E-state index is 2.57. The summed E-state index contributed by atoms with van der Waals surface area (Å²) < 4.78 is 0. The number of rotatable bonds is 2. The van der Waals surface area contributed by atoms with Crippen LogP contribution in [0.15, 0.2) is 0 Å². The molecule has 0 amide bonds. The van der Waals surface area contributed by atoms with Gasteiger partial charge in [-0.25, -0.2) is 0 Å². The second-order valence-electron chi connectivity index (χ2n) is 8.81. The average molecular weight is 281 g/mol. The van der Waals surface area contributed by atoms with Crippen LogP contribution in [0.1, 0.15) is 82.1 Å². The van der Waals surface area contributed by atoms with Crippen molar-refractivity contribution < 1.29 is 0 Å². The van der Waals surface area contributed by atoms with Gasteiger partial charge in [0.15, 0.2) is 0 Å². The van der Waals surface area contributed by atoms with Gasteiger partial charge in [-0.15, -0.1) is 0 Å². The molecular formula is C20H40. The summed E-state index contributed by atoms with van der Waals surface area (Å²) in [6.07, 6.45) is 5.95. The molecule has 3 rings (SSSR count). The maximum absolute atomic E-state index is 2.57. The van der Waals surface area contributed by atoms with Gasteiger partial charge >= 0.3 is 0 Å². The third-order valence-corrected chi connectivity index (χ3v) is 7.93. The van der Waals surface area contributed by atoms with Crippen molar-refractivity contribution in [1.29, 1.82) is 0 Å². The van der Waals surface area contributed by atoms with Gasteiger partial charge in [0.25, 0.3) is 0 Å². The van der Waals surface area contributed by atoms with Crippen LogP contribution >= 0.6 is 0 Å². The van der Waals surface area contributed by atoms with E-state index in [1.807, 2.05) is 0 Å². The molecule has 3 fully saturated rings. The molecule has 0 saturated heterocycles. The largest absolute Gasteiger partial charge is 0.0776 e. The van der Waals surface area contributed by atoms with E-state index >= 15 is 0 Å². The SMILES string of the molecule is C.C.CCCC1CC(C)C2C1C1CC2C(C)(C)C1(C)C. The number of fused-ring (bicyclic) bond motifs is 5. The Morgan fingerprint density at radius 2 is 1.35 bits per heavy atom. The van der Waals surface area contributed by atoms with Gasteiger partial charge in [-0.3, -0.25) is 0 Å². The fourth-order valence-corrected chi connectivity index (χ4v) is 6.52. The highest BCUT2D eigenvalue weighted by Gasteiger charge is 2.68. The van der Waals surface area contributed by atoms with Crippen molar-refractivity contribution in [2.24, 2.45) is 46.3 Å². The second-order valence-corrected chi connectivity index (χ2v) is 8.81. The van der Waals surface area contributed by atoms with Gasteiger partial charge in [0, 0.05) is 0 Å². The van der Waals surface area contributed by atoms with Gasteiger partial charge in [-0.2, -0.15) is 0 Å². The predicted octanol–water partition coefficient (Wildman–Crippen LogP) is 6.65. The van der Waals surface area contributed by atoms with Crippen molar-refractivity contribution in [2.75, 3.05) is 0 Å². The second kappa shape index (κ2) is 5.33. The molecule has 0 radical (unpaired) electrons. The smallest absolute Gasteiger partial charge is 0.0269 e. The number of hydrogen-bond acceptors (Lipinski definition) is 0. The van der Waals surface area contributed by atoms with Crippen molar-refractivity contribution in [1.82, 2.24) is 0 Å². The van der Waals surface area contributed by atoms with Gasteiger partial charge in [0.05, 0.1) is 0 Å². The molecule has 0 heterocycles. The van der Waals surface area contributed by atoms with E-state index in [-0.39, 0.29) is 14.9 Å². The van der Waals surface area contributed by atoms with E-state index < -0.39 is 0 Å². The Morgan fingerprint density at radius 3 is 1.85 bits per heavy atom. The van der Waals surface area contributed by atoms with E-state index in [1.165, 1.54) is 19.3 Å². The Morgan fingerprint density at radius 1 is 0.850 bits per heavy atom. The standard InChI is InChI=1S/C18H32.2CH4/c1-7-8-12-9-11(2)15-13-10-14(16(12)15)18(5,6)17(13,3)4;;/h11-16H,7-10H2,1-6H3;2*1H4. The maximum Gasteiger partial charge on any atom is -0.0269 e. The van der Waals surface area contributed by atoms with Crippen LogP contribution in [0.2, 0.25) is 0 Å². The lowest BCUT2D eigenvalue weighted by atomic mass is 9.53. The first kappa shape index (κ1) is 18.1. The first-order valence-electron chi connectivity index (χ1n) is 8.32. The van der Waals surface area contributed by atoms with E-state index in [0.717, 1.165) is 35.5 Å². The van der Waals surface area contributed by atoms with Crippen LogP contribution in [-0.4, -0.2) is 0 Å². The Bertz CT molecular complexity index is 338. The Hall–Kier alpha value is 0. The number of hydrogen-bond donors (Lipinski definition) is 0. The van der Waals surface area contributed by atoms with Crippen molar-refractivity contribution in [3.63, 3.8) is 0 Å². The lowest BCUT2D eigenvalue weighted by Crippen LogP contribution is -2.46. The summed E-state index contributed by atoms with van der Waals surface area (Å²) in [5.41, 5.74) is 1.13. The zero-order valence-electron chi connectivity index (χ0n) is 13.3. The van der Waals surface area contributed by atoms with E-state index in [1.54, 1.807) is 6.42 Å². The fraction of sp³-hybridized carbons (Fsp3) is 1.00. The molecule has 0 nitrogen and oxygen atoms in total. The summed E-state index contributed by atoms with van der Waals surface area (Å²) in [4.78, 5) is 0. The van der Waals surface area contributed by atoms with Crippen molar-refractivity contribution >= 4 is 0 Å². The molecule has 0 spiro atoms. The van der Waals surface area contributed by atoms with Crippen LogP contribution in [0.25, 0.3) is 0 Å². The highest BCUT2D eigenvalue weighted by atomic mass is 14.7. The van der Waals surface area contributed by atoms with Crippen molar-refractivity contribution in [3.05, 3.63) is 0 Å². The summed E-state index contributed by atoms with van der Waals surface area (Å²) in [7, 11) is 0. The highest BCUT2D eigenvalue weighted by molar-refractivity contribution is 5.16. The highest BCUT2D eigenvalue weighted by Crippen LogP contribution is 2.74. The molecule has 20 heavy (non-hydrogen) atoms. The van der Waals surface area contributed by atoms with Gasteiger partial charge in [-0.1, -0.05) is 69.2 Å². The molecule has 0 aromatic heterocycles. The van der Waals surface area contributed by atoms with Gasteiger partial charge in [-0.05, 0) is 59.2 Å². The predicted molar refractivity (Wildman–Crippen MR) is 91.8 cm³/mol. The van der Waals surface area contributed by atoms with Crippen LogP contribution in [0.4, 0.5) is 0 Å². The average Bonchev–Trinajstić information content (AvgIpc) is 2.83. The van der Waals surface area contributed by atoms with Crippen molar-refractivity contribution in [3.8, 4) is 0 Å². The molecule has 0 heteroatoms. The summed E-state index contributed by atoms with van der Waals surface area (Å²) in [6, 6.07) is 0. The zero-order valence-corrected chi connectivity index (χ0v) is 13.3. The molecule has 6 unspecified atom stereocenters. The topological polar surface area (TPSA) is 0 Å². The first-order valence-corrected chi connectivity index (χ1v) is 8.32. The van der Waals surface area contributed by atoms with Crippen LogP contribution < -0.4 is 0 Å². The minimum absolute atomic E-state index is 0. The van der Waals surface area contributed by atoms with Crippen LogP contribution in [-0.2, 0) is 0 Å². The van der Waals surface area contributed by atoms with Crippen LogP contribution in [0, 0.1) is 46.3 Å². The molecular weight excluding hydrogens is 240 g/mol. The van der Waals surface area contributed by atoms with E-state index in [9.17, 15) is 0 Å². The summed E-state index contributed by atoms with van der Waals surface area (Å²) >= 11 is 0. The third kappa shape index (κ3) is 1.92. The molecule has 2 bridgehead atoms. The zero-order chi connectivity index (χ0) is 13.3. The Labute approximate surface area is 129 Å².